The number of aryl methyl sites for hydroxylation is 1. The lowest BCUT2D eigenvalue weighted by Crippen LogP contribution is -2.27. The highest BCUT2D eigenvalue weighted by molar-refractivity contribution is 5.54. The highest BCUT2D eigenvalue weighted by Gasteiger charge is 2.41. The SMILES string of the molecule is CNCC1(CNc2cc(C(C)(C)C)ccc2C)CC1. The highest BCUT2D eigenvalue weighted by Crippen LogP contribution is 2.45. The Kier molecular flexibility index (Phi) is 3.91. The third-order valence-electron chi connectivity index (χ3n) is 4.27. The molecule has 0 saturated heterocycles. The fourth-order valence-electron chi connectivity index (χ4n) is 2.53. The van der Waals surface area contributed by atoms with E-state index in [4.69, 9.17) is 0 Å². The maximum absolute atomic E-state index is 3.67. The van der Waals surface area contributed by atoms with Crippen LogP contribution < -0.4 is 10.6 Å². The van der Waals surface area contributed by atoms with Crippen molar-refractivity contribution in [2.45, 2.75) is 46.0 Å². The second-order valence-corrected chi connectivity index (χ2v) is 7.16. The van der Waals surface area contributed by atoms with Crippen molar-refractivity contribution in [3.63, 3.8) is 0 Å². The summed E-state index contributed by atoms with van der Waals surface area (Å²) in [4.78, 5) is 0. The molecule has 1 aromatic carbocycles. The van der Waals surface area contributed by atoms with Gasteiger partial charge in [0, 0.05) is 24.2 Å². The third kappa shape index (κ3) is 3.50. The van der Waals surface area contributed by atoms with E-state index in [9.17, 15) is 0 Å². The maximum atomic E-state index is 3.67. The first-order valence-corrected chi connectivity index (χ1v) is 7.36. The molecule has 0 aromatic heterocycles. The summed E-state index contributed by atoms with van der Waals surface area (Å²) in [5.41, 5.74) is 4.76. The van der Waals surface area contributed by atoms with Gasteiger partial charge in [-0.05, 0) is 49.4 Å². The van der Waals surface area contributed by atoms with Gasteiger partial charge < -0.3 is 10.6 Å². The molecule has 1 aliphatic rings. The summed E-state index contributed by atoms with van der Waals surface area (Å²) in [6.45, 7) is 11.2. The average molecular weight is 260 g/mol. The highest BCUT2D eigenvalue weighted by atomic mass is 14.9. The Morgan fingerprint density at radius 2 is 1.84 bits per heavy atom. The molecule has 0 amide bonds. The molecular formula is C17H28N2. The summed E-state index contributed by atoms with van der Waals surface area (Å²) in [7, 11) is 2.05. The van der Waals surface area contributed by atoms with Crippen LogP contribution in [0, 0.1) is 12.3 Å². The van der Waals surface area contributed by atoms with Gasteiger partial charge in [0.15, 0.2) is 0 Å². The molecule has 0 atom stereocenters. The van der Waals surface area contributed by atoms with Crippen LogP contribution in [0.15, 0.2) is 18.2 Å². The molecule has 106 valence electrons. The van der Waals surface area contributed by atoms with Crippen molar-refractivity contribution in [1.29, 1.82) is 0 Å². The Hall–Kier alpha value is -1.02. The monoisotopic (exact) mass is 260 g/mol. The zero-order valence-electron chi connectivity index (χ0n) is 13.1. The van der Waals surface area contributed by atoms with Gasteiger partial charge in [-0.2, -0.15) is 0 Å². The van der Waals surface area contributed by atoms with Crippen molar-refractivity contribution in [3.8, 4) is 0 Å². The lowest BCUT2D eigenvalue weighted by Gasteiger charge is -2.22. The minimum atomic E-state index is 0.215. The number of anilines is 1. The van der Waals surface area contributed by atoms with Crippen LogP contribution in [0.3, 0.4) is 0 Å². The average Bonchev–Trinajstić information content (AvgIpc) is 3.07. The van der Waals surface area contributed by atoms with Gasteiger partial charge in [-0.1, -0.05) is 32.9 Å². The lowest BCUT2D eigenvalue weighted by molar-refractivity contribution is 0.507. The molecule has 0 radical (unpaired) electrons. The molecule has 19 heavy (non-hydrogen) atoms. The molecule has 2 heteroatoms. The molecule has 0 spiro atoms. The predicted octanol–water partition coefficient (Wildman–Crippen LogP) is 3.70. The van der Waals surface area contributed by atoms with Crippen LogP contribution in [0.1, 0.15) is 44.7 Å². The summed E-state index contributed by atoms with van der Waals surface area (Å²) in [6, 6.07) is 6.81. The van der Waals surface area contributed by atoms with Crippen molar-refractivity contribution in [3.05, 3.63) is 29.3 Å². The van der Waals surface area contributed by atoms with E-state index in [1.54, 1.807) is 0 Å². The van der Waals surface area contributed by atoms with E-state index in [-0.39, 0.29) is 5.41 Å². The summed E-state index contributed by atoms with van der Waals surface area (Å²) in [5, 5.41) is 6.99. The Labute approximate surface area is 118 Å². The number of hydrogen-bond acceptors (Lipinski definition) is 2. The van der Waals surface area contributed by atoms with Crippen molar-refractivity contribution in [1.82, 2.24) is 5.32 Å². The minimum absolute atomic E-state index is 0.215. The van der Waals surface area contributed by atoms with Gasteiger partial charge >= 0.3 is 0 Å². The summed E-state index contributed by atoms with van der Waals surface area (Å²) in [5.74, 6) is 0. The molecule has 1 aliphatic carbocycles. The Balaban J connectivity index is 2.07. The molecule has 2 N–H and O–H groups in total. The second kappa shape index (κ2) is 5.16. The van der Waals surface area contributed by atoms with Crippen LogP contribution in [0.25, 0.3) is 0 Å². The third-order valence-corrected chi connectivity index (χ3v) is 4.27. The molecule has 0 unspecified atom stereocenters. The molecule has 1 fully saturated rings. The van der Waals surface area contributed by atoms with E-state index in [1.807, 2.05) is 7.05 Å². The standard InChI is InChI=1S/C17H28N2/c1-13-6-7-14(16(2,3)4)10-15(13)19-12-17(8-9-17)11-18-5/h6-7,10,18-19H,8-9,11-12H2,1-5H3. The van der Waals surface area contributed by atoms with Gasteiger partial charge in [-0.15, -0.1) is 0 Å². The summed E-state index contributed by atoms with van der Waals surface area (Å²) >= 11 is 0. The van der Waals surface area contributed by atoms with Crippen LogP contribution in [-0.4, -0.2) is 20.1 Å². The Morgan fingerprint density at radius 1 is 1.16 bits per heavy atom. The molecule has 1 saturated carbocycles. The molecule has 0 aliphatic heterocycles. The first kappa shape index (κ1) is 14.4. The van der Waals surface area contributed by atoms with Crippen LogP contribution in [-0.2, 0) is 5.41 Å². The first-order chi connectivity index (χ1) is 8.86. The quantitative estimate of drug-likeness (QED) is 0.843. The fraction of sp³-hybridized carbons (Fsp3) is 0.647. The maximum Gasteiger partial charge on any atom is 0.0373 e. The van der Waals surface area contributed by atoms with Gasteiger partial charge in [-0.3, -0.25) is 0 Å². The molecule has 2 rings (SSSR count). The van der Waals surface area contributed by atoms with E-state index >= 15 is 0 Å². The van der Waals surface area contributed by atoms with E-state index in [1.165, 1.54) is 29.7 Å². The molecule has 2 nitrogen and oxygen atoms in total. The molecule has 0 bridgehead atoms. The minimum Gasteiger partial charge on any atom is -0.384 e. The Morgan fingerprint density at radius 3 is 2.37 bits per heavy atom. The number of hydrogen-bond donors (Lipinski definition) is 2. The smallest absolute Gasteiger partial charge is 0.0373 e. The van der Waals surface area contributed by atoms with E-state index in [0.29, 0.717) is 5.41 Å². The number of benzene rings is 1. The van der Waals surface area contributed by atoms with Crippen LogP contribution in [0.2, 0.25) is 0 Å². The summed E-state index contributed by atoms with van der Waals surface area (Å²) in [6.07, 6.45) is 2.69. The summed E-state index contributed by atoms with van der Waals surface area (Å²) < 4.78 is 0. The predicted molar refractivity (Wildman–Crippen MR) is 84.0 cm³/mol. The zero-order valence-corrected chi connectivity index (χ0v) is 13.1. The van der Waals surface area contributed by atoms with Crippen molar-refractivity contribution in [2.75, 3.05) is 25.5 Å². The van der Waals surface area contributed by atoms with E-state index in [2.05, 4.69) is 56.5 Å². The fourth-order valence-corrected chi connectivity index (χ4v) is 2.53. The van der Waals surface area contributed by atoms with Crippen LogP contribution in [0.4, 0.5) is 5.69 Å². The topological polar surface area (TPSA) is 24.1 Å². The van der Waals surface area contributed by atoms with Crippen LogP contribution >= 0.6 is 0 Å². The van der Waals surface area contributed by atoms with Gasteiger partial charge in [-0.25, -0.2) is 0 Å². The largest absolute Gasteiger partial charge is 0.384 e. The van der Waals surface area contributed by atoms with Gasteiger partial charge in [0.05, 0.1) is 0 Å². The zero-order chi connectivity index (χ0) is 14.1. The second-order valence-electron chi connectivity index (χ2n) is 7.16. The van der Waals surface area contributed by atoms with Gasteiger partial charge in [0.25, 0.3) is 0 Å². The number of nitrogens with one attached hydrogen (secondary N) is 2. The van der Waals surface area contributed by atoms with Crippen molar-refractivity contribution < 1.29 is 0 Å². The first-order valence-electron chi connectivity index (χ1n) is 7.36. The van der Waals surface area contributed by atoms with Crippen LogP contribution in [0.5, 0.6) is 0 Å². The normalized spacial score (nSPS) is 17.3. The van der Waals surface area contributed by atoms with Crippen molar-refractivity contribution in [2.24, 2.45) is 5.41 Å². The van der Waals surface area contributed by atoms with Gasteiger partial charge in [0.1, 0.15) is 0 Å². The van der Waals surface area contributed by atoms with Gasteiger partial charge in [0.2, 0.25) is 0 Å². The molecule has 1 aromatic rings. The molecule has 0 heterocycles. The Bertz CT molecular complexity index is 439. The van der Waals surface area contributed by atoms with Crippen molar-refractivity contribution >= 4 is 5.69 Å². The number of rotatable bonds is 5. The van der Waals surface area contributed by atoms with E-state index < -0.39 is 0 Å². The molecular weight excluding hydrogens is 232 g/mol. The van der Waals surface area contributed by atoms with E-state index in [0.717, 1.165) is 13.1 Å². The lowest BCUT2D eigenvalue weighted by atomic mass is 9.86.